The Labute approximate surface area is 104 Å². The topological polar surface area (TPSA) is 46.3 Å². The minimum absolute atomic E-state index is 0.251. The van der Waals surface area contributed by atoms with Gasteiger partial charge in [-0.2, -0.15) is 11.8 Å². The second-order valence-electron chi connectivity index (χ2n) is 4.93. The zero-order valence-corrected chi connectivity index (χ0v) is 11.8. The predicted octanol–water partition coefficient (Wildman–Crippen LogP) is 1.82. The fourth-order valence-electron chi connectivity index (χ4n) is 1.49. The van der Waals surface area contributed by atoms with Crippen LogP contribution in [0.5, 0.6) is 0 Å². The zero-order valence-electron chi connectivity index (χ0n) is 11.0. The lowest BCUT2D eigenvalue weighted by Crippen LogP contribution is -2.38. The monoisotopic (exact) mass is 246 g/mol. The molecule has 16 heavy (non-hydrogen) atoms. The molecule has 0 saturated heterocycles. The van der Waals surface area contributed by atoms with Crippen molar-refractivity contribution in [3.63, 3.8) is 0 Å². The van der Waals surface area contributed by atoms with Crippen LogP contribution in [0.1, 0.15) is 27.7 Å². The van der Waals surface area contributed by atoms with Crippen molar-refractivity contribution in [1.82, 2.24) is 4.90 Å². The highest BCUT2D eigenvalue weighted by atomic mass is 32.2. The van der Waals surface area contributed by atoms with Crippen molar-refractivity contribution in [3.8, 4) is 0 Å². The van der Waals surface area contributed by atoms with Crippen LogP contribution in [0.25, 0.3) is 0 Å². The molecule has 4 heteroatoms. The van der Waals surface area contributed by atoms with E-state index < -0.39 is 0 Å². The Kier molecular flexibility index (Phi) is 8.76. The summed E-state index contributed by atoms with van der Waals surface area (Å²) in [5.74, 6) is 2.74. The van der Waals surface area contributed by atoms with E-state index in [4.69, 9.17) is 5.73 Å². The van der Waals surface area contributed by atoms with Crippen molar-refractivity contribution in [2.75, 3.05) is 31.1 Å². The zero-order chi connectivity index (χ0) is 12.6. The Morgan fingerprint density at radius 2 is 1.69 bits per heavy atom. The van der Waals surface area contributed by atoms with Crippen molar-refractivity contribution in [3.05, 3.63) is 0 Å². The van der Waals surface area contributed by atoms with Crippen LogP contribution in [0.2, 0.25) is 0 Å². The molecule has 2 N–H and O–H groups in total. The number of hydrogen-bond acceptors (Lipinski definition) is 3. The Morgan fingerprint density at radius 3 is 2.06 bits per heavy atom. The average molecular weight is 246 g/mol. The summed E-state index contributed by atoms with van der Waals surface area (Å²) in [5, 5.41) is 0. The first-order chi connectivity index (χ1) is 7.47. The van der Waals surface area contributed by atoms with Gasteiger partial charge in [0.1, 0.15) is 0 Å². The number of hydrogen-bond donors (Lipinski definition) is 1. The molecule has 0 aromatic carbocycles. The number of rotatable bonds is 8. The molecule has 0 aliphatic carbocycles. The third-order valence-electron chi connectivity index (χ3n) is 2.01. The Morgan fingerprint density at radius 1 is 1.19 bits per heavy atom. The standard InChI is InChI=1S/C12H26N2OS/c1-10(2)7-14(8-11(3)4)12(15)9-16-6-5-13/h10-11H,5-9,13H2,1-4H3. The van der Waals surface area contributed by atoms with Gasteiger partial charge in [-0.15, -0.1) is 0 Å². The first kappa shape index (κ1) is 15.8. The average Bonchev–Trinajstić information content (AvgIpc) is 2.15. The maximum atomic E-state index is 12.0. The van der Waals surface area contributed by atoms with E-state index in [-0.39, 0.29) is 5.91 Å². The summed E-state index contributed by atoms with van der Waals surface area (Å²) in [7, 11) is 0. The maximum absolute atomic E-state index is 12.0. The van der Waals surface area contributed by atoms with Crippen LogP contribution in [0.4, 0.5) is 0 Å². The number of nitrogens with two attached hydrogens (primary N) is 1. The molecule has 0 aromatic rings. The Bertz CT molecular complexity index is 185. The van der Waals surface area contributed by atoms with Crippen molar-refractivity contribution in [2.24, 2.45) is 17.6 Å². The summed E-state index contributed by atoms with van der Waals surface area (Å²) in [6.07, 6.45) is 0. The van der Waals surface area contributed by atoms with Gasteiger partial charge in [-0.05, 0) is 11.8 Å². The first-order valence-corrected chi connectivity index (χ1v) is 7.18. The number of carbonyl (C=O) groups excluding carboxylic acids is 1. The molecular weight excluding hydrogens is 220 g/mol. The highest BCUT2D eigenvalue weighted by molar-refractivity contribution is 7.99. The highest BCUT2D eigenvalue weighted by Gasteiger charge is 2.15. The summed E-state index contributed by atoms with van der Waals surface area (Å²) in [5.41, 5.74) is 5.41. The summed E-state index contributed by atoms with van der Waals surface area (Å²) in [6.45, 7) is 11.0. The molecular formula is C12H26N2OS. The molecule has 3 nitrogen and oxygen atoms in total. The van der Waals surface area contributed by atoms with Crippen molar-refractivity contribution < 1.29 is 4.79 Å². The highest BCUT2D eigenvalue weighted by Crippen LogP contribution is 2.08. The van der Waals surface area contributed by atoms with Gasteiger partial charge in [0, 0.05) is 25.4 Å². The van der Waals surface area contributed by atoms with E-state index in [0.717, 1.165) is 18.8 Å². The molecule has 0 aliphatic rings. The fourth-order valence-corrected chi connectivity index (χ4v) is 2.16. The van der Waals surface area contributed by atoms with E-state index in [1.54, 1.807) is 11.8 Å². The van der Waals surface area contributed by atoms with Gasteiger partial charge in [0.05, 0.1) is 5.75 Å². The van der Waals surface area contributed by atoms with Crippen molar-refractivity contribution in [1.29, 1.82) is 0 Å². The molecule has 0 saturated carbocycles. The summed E-state index contributed by atoms with van der Waals surface area (Å²) < 4.78 is 0. The molecule has 0 fully saturated rings. The summed E-state index contributed by atoms with van der Waals surface area (Å²) in [4.78, 5) is 13.9. The van der Waals surface area contributed by atoms with Crippen LogP contribution in [0.3, 0.4) is 0 Å². The van der Waals surface area contributed by atoms with Gasteiger partial charge in [0.2, 0.25) is 5.91 Å². The summed E-state index contributed by atoms with van der Waals surface area (Å²) >= 11 is 1.63. The van der Waals surface area contributed by atoms with Crippen LogP contribution in [0.15, 0.2) is 0 Å². The largest absolute Gasteiger partial charge is 0.341 e. The number of amides is 1. The van der Waals surface area contributed by atoms with Crippen LogP contribution < -0.4 is 5.73 Å². The number of nitrogens with zero attached hydrogens (tertiary/aromatic N) is 1. The second kappa shape index (κ2) is 8.88. The molecule has 0 unspecified atom stereocenters. The molecule has 0 spiro atoms. The van der Waals surface area contributed by atoms with Crippen molar-refractivity contribution in [2.45, 2.75) is 27.7 Å². The Hall–Kier alpha value is -0.220. The van der Waals surface area contributed by atoms with E-state index in [0.29, 0.717) is 24.1 Å². The van der Waals surface area contributed by atoms with Crippen LogP contribution >= 0.6 is 11.8 Å². The third kappa shape index (κ3) is 7.99. The first-order valence-electron chi connectivity index (χ1n) is 6.03. The van der Waals surface area contributed by atoms with Gasteiger partial charge in [-0.25, -0.2) is 0 Å². The lowest BCUT2D eigenvalue weighted by molar-refractivity contribution is -0.129. The predicted molar refractivity (Wildman–Crippen MR) is 72.6 cm³/mol. The quantitative estimate of drug-likeness (QED) is 0.665. The Balaban J connectivity index is 4.10. The second-order valence-corrected chi connectivity index (χ2v) is 6.03. The van der Waals surface area contributed by atoms with Gasteiger partial charge >= 0.3 is 0 Å². The smallest absolute Gasteiger partial charge is 0.232 e. The van der Waals surface area contributed by atoms with Gasteiger partial charge in [0.25, 0.3) is 0 Å². The van der Waals surface area contributed by atoms with E-state index in [1.807, 2.05) is 4.90 Å². The lowest BCUT2D eigenvalue weighted by Gasteiger charge is -2.26. The van der Waals surface area contributed by atoms with Gasteiger partial charge in [-0.3, -0.25) is 4.79 Å². The molecule has 0 bridgehead atoms. The molecule has 0 rings (SSSR count). The molecule has 96 valence electrons. The van der Waals surface area contributed by atoms with Crippen LogP contribution in [-0.4, -0.2) is 41.9 Å². The molecule has 0 aromatic heterocycles. The van der Waals surface area contributed by atoms with Crippen LogP contribution in [-0.2, 0) is 4.79 Å². The number of thioether (sulfide) groups is 1. The maximum Gasteiger partial charge on any atom is 0.232 e. The molecule has 0 atom stereocenters. The molecule has 0 radical (unpaired) electrons. The number of carbonyl (C=O) groups is 1. The lowest BCUT2D eigenvalue weighted by atomic mass is 10.1. The fraction of sp³-hybridized carbons (Fsp3) is 0.917. The normalized spacial score (nSPS) is 11.2. The van der Waals surface area contributed by atoms with E-state index in [2.05, 4.69) is 27.7 Å². The minimum Gasteiger partial charge on any atom is -0.341 e. The van der Waals surface area contributed by atoms with Gasteiger partial charge in [0.15, 0.2) is 0 Å². The van der Waals surface area contributed by atoms with E-state index in [1.165, 1.54) is 0 Å². The SMILES string of the molecule is CC(C)CN(CC(C)C)C(=O)CSCCN. The molecule has 0 aliphatic heterocycles. The minimum atomic E-state index is 0.251. The van der Waals surface area contributed by atoms with Crippen molar-refractivity contribution >= 4 is 17.7 Å². The van der Waals surface area contributed by atoms with Gasteiger partial charge in [-0.1, -0.05) is 27.7 Å². The van der Waals surface area contributed by atoms with E-state index in [9.17, 15) is 4.79 Å². The molecule has 1 amide bonds. The third-order valence-corrected chi connectivity index (χ3v) is 2.99. The van der Waals surface area contributed by atoms with E-state index >= 15 is 0 Å². The molecule has 0 heterocycles. The summed E-state index contributed by atoms with van der Waals surface area (Å²) in [6, 6.07) is 0. The van der Waals surface area contributed by atoms with Crippen LogP contribution in [0, 0.1) is 11.8 Å². The van der Waals surface area contributed by atoms with Gasteiger partial charge < -0.3 is 10.6 Å².